The Balaban J connectivity index is 1.30. The lowest BCUT2D eigenvalue weighted by Gasteiger charge is -2.43. The number of pyridine rings is 1. The number of rotatable bonds is 3. The molecule has 2 bridgehead atoms. The molecule has 0 spiro atoms. The van der Waals surface area contributed by atoms with Crippen molar-refractivity contribution in [2.45, 2.75) is 18.9 Å². The van der Waals surface area contributed by atoms with E-state index in [1.807, 2.05) is 15.5 Å². The quantitative estimate of drug-likeness (QED) is 0.537. The van der Waals surface area contributed by atoms with Crippen LogP contribution in [0.25, 0.3) is 6.08 Å². The van der Waals surface area contributed by atoms with Gasteiger partial charge in [0.25, 0.3) is 11.5 Å². The van der Waals surface area contributed by atoms with Crippen molar-refractivity contribution in [1.82, 2.24) is 14.4 Å². The SMILES string of the molecule is O=C(CN1C(=O)/C(=C/c2ccco2)SC1=S)N1C[C@@H]2C[C@H](C1)c1cccc(=O)n1C2. The number of amides is 2. The average Bonchev–Trinajstić information content (AvgIpc) is 3.33. The number of nitrogens with zero attached hydrogens (tertiary/aromatic N) is 3. The molecule has 154 valence electrons. The predicted molar refractivity (Wildman–Crippen MR) is 117 cm³/mol. The minimum atomic E-state index is -0.274. The molecular formula is C21H19N3O4S2. The van der Waals surface area contributed by atoms with E-state index in [1.165, 1.54) is 22.9 Å². The van der Waals surface area contributed by atoms with Crippen molar-refractivity contribution in [3.05, 3.63) is 63.3 Å². The zero-order valence-corrected chi connectivity index (χ0v) is 17.7. The summed E-state index contributed by atoms with van der Waals surface area (Å²) in [6.45, 7) is 1.70. The van der Waals surface area contributed by atoms with Gasteiger partial charge in [0, 0.05) is 43.4 Å². The van der Waals surface area contributed by atoms with Crippen LogP contribution in [0.5, 0.6) is 0 Å². The van der Waals surface area contributed by atoms with Crippen molar-refractivity contribution in [1.29, 1.82) is 0 Å². The lowest BCUT2D eigenvalue weighted by Crippen LogP contribution is -2.51. The molecule has 2 amide bonds. The monoisotopic (exact) mass is 441 g/mol. The summed E-state index contributed by atoms with van der Waals surface area (Å²) in [6.07, 6.45) is 4.15. The molecule has 0 radical (unpaired) electrons. The number of aromatic nitrogens is 1. The molecule has 7 nitrogen and oxygen atoms in total. The van der Waals surface area contributed by atoms with Crippen molar-refractivity contribution in [3.63, 3.8) is 0 Å². The van der Waals surface area contributed by atoms with E-state index >= 15 is 0 Å². The summed E-state index contributed by atoms with van der Waals surface area (Å²) in [5.41, 5.74) is 1.01. The Labute approximate surface area is 182 Å². The number of likely N-dealkylation sites (tertiary alicyclic amines) is 1. The molecule has 5 rings (SSSR count). The number of thiocarbonyl (C=S) groups is 1. The van der Waals surface area contributed by atoms with Crippen molar-refractivity contribution < 1.29 is 14.0 Å². The van der Waals surface area contributed by atoms with Gasteiger partial charge in [-0.15, -0.1) is 0 Å². The van der Waals surface area contributed by atoms with Crippen LogP contribution in [0.4, 0.5) is 0 Å². The van der Waals surface area contributed by atoms with Crippen LogP contribution in [0.1, 0.15) is 23.8 Å². The molecule has 2 aromatic heterocycles. The van der Waals surface area contributed by atoms with Gasteiger partial charge >= 0.3 is 0 Å². The van der Waals surface area contributed by atoms with Crippen molar-refractivity contribution in [2.75, 3.05) is 19.6 Å². The summed E-state index contributed by atoms with van der Waals surface area (Å²) in [5.74, 6) is 0.557. The third-order valence-electron chi connectivity index (χ3n) is 5.82. The van der Waals surface area contributed by atoms with Gasteiger partial charge in [-0.3, -0.25) is 19.3 Å². The Morgan fingerprint density at radius 3 is 2.87 bits per heavy atom. The van der Waals surface area contributed by atoms with Gasteiger partial charge in [-0.2, -0.15) is 0 Å². The fourth-order valence-corrected chi connectivity index (χ4v) is 5.71. The molecule has 0 unspecified atom stereocenters. The molecule has 5 heterocycles. The second kappa shape index (κ2) is 7.55. The summed E-state index contributed by atoms with van der Waals surface area (Å²) in [7, 11) is 0. The maximum atomic E-state index is 13.0. The first-order valence-corrected chi connectivity index (χ1v) is 11.0. The van der Waals surface area contributed by atoms with Crippen LogP contribution in [0.2, 0.25) is 0 Å². The third kappa shape index (κ3) is 3.41. The second-order valence-corrected chi connectivity index (χ2v) is 9.46. The van der Waals surface area contributed by atoms with E-state index in [1.54, 1.807) is 30.3 Å². The van der Waals surface area contributed by atoms with Crippen molar-refractivity contribution >= 4 is 46.2 Å². The number of piperidine rings is 1. The minimum absolute atomic E-state index is 0.0166. The van der Waals surface area contributed by atoms with Crippen molar-refractivity contribution in [3.8, 4) is 0 Å². The molecule has 0 aromatic carbocycles. The van der Waals surface area contributed by atoms with Gasteiger partial charge in [-0.25, -0.2) is 0 Å². The van der Waals surface area contributed by atoms with E-state index < -0.39 is 0 Å². The Morgan fingerprint density at radius 1 is 1.20 bits per heavy atom. The topological polar surface area (TPSA) is 75.8 Å². The first kappa shape index (κ1) is 19.3. The first-order valence-electron chi connectivity index (χ1n) is 9.76. The molecule has 0 aliphatic carbocycles. The highest BCUT2D eigenvalue weighted by molar-refractivity contribution is 8.26. The molecule has 9 heteroatoms. The van der Waals surface area contributed by atoms with Crippen LogP contribution in [-0.4, -0.2) is 50.1 Å². The normalized spacial score (nSPS) is 24.5. The van der Waals surface area contributed by atoms with E-state index in [0.717, 1.165) is 12.1 Å². The Hall–Kier alpha value is -2.65. The van der Waals surface area contributed by atoms with Gasteiger partial charge in [-0.05, 0) is 30.5 Å². The summed E-state index contributed by atoms with van der Waals surface area (Å²) in [4.78, 5) is 41.6. The smallest absolute Gasteiger partial charge is 0.266 e. The lowest BCUT2D eigenvalue weighted by molar-refractivity contribution is -0.137. The number of carbonyl (C=O) groups is 2. The molecule has 30 heavy (non-hydrogen) atoms. The number of furan rings is 1. The van der Waals surface area contributed by atoms with Crippen LogP contribution >= 0.6 is 24.0 Å². The van der Waals surface area contributed by atoms with Crippen LogP contribution in [0, 0.1) is 5.92 Å². The lowest BCUT2D eigenvalue weighted by atomic mass is 9.83. The zero-order valence-electron chi connectivity index (χ0n) is 16.0. The average molecular weight is 442 g/mol. The van der Waals surface area contributed by atoms with Crippen LogP contribution < -0.4 is 5.56 Å². The molecule has 2 saturated heterocycles. The molecule has 3 aliphatic rings. The fraction of sp³-hybridized carbons (Fsp3) is 0.333. The van der Waals surface area contributed by atoms with Gasteiger partial charge in [0.05, 0.1) is 11.2 Å². The van der Waals surface area contributed by atoms with Gasteiger partial charge in [0.15, 0.2) is 0 Å². The third-order valence-corrected chi connectivity index (χ3v) is 7.19. The Kier molecular flexibility index (Phi) is 4.86. The van der Waals surface area contributed by atoms with Crippen molar-refractivity contribution in [2.24, 2.45) is 5.92 Å². The summed E-state index contributed by atoms with van der Waals surface area (Å²) in [6, 6.07) is 8.83. The van der Waals surface area contributed by atoms with Gasteiger partial charge < -0.3 is 13.9 Å². The largest absolute Gasteiger partial charge is 0.465 e. The van der Waals surface area contributed by atoms with E-state index in [2.05, 4.69) is 0 Å². The molecular weight excluding hydrogens is 422 g/mol. The maximum Gasteiger partial charge on any atom is 0.266 e. The summed E-state index contributed by atoms with van der Waals surface area (Å²) >= 11 is 6.52. The number of hydrogen-bond donors (Lipinski definition) is 0. The maximum absolute atomic E-state index is 13.0. The fourth-order valence-electron chi connectivity index (χ4n) is 4.47. The van der Waals surface area contributed by atoms with E-state index in [-0.39, 0.29) is 35.8 Å². The Bertz CT molecular complexity index is 1120. The molecule has 0 saturated carbocycles. The van der Waals surface area contributed by atoms with Gasteiger partial charge in [-0.1, -0.05) is 30.0 Å². The minimum Gasteiger partial charge on any atom is -0.465 e. The second-order valence-electron chi connectivity index (χ2n) is 7.78. The van der Waals surface area contributed by atoms with E-state index in [0.29, 0.717) is 34.6 Å². The summed E-state index contributed by atoms with van der Waals surface area (Å²) in [5, 5.41) is 0. The molecule has 0 N–H and O–H groups in total. The number of thioether (sulfide) groups is 1. The van der Waals surface area contributed by atoms with Crippen LogP contribution in [0.15, 0.2) is 50.7 Å². The zero-order chi connectivity index (χ0) is 20.8. The number of hydrogen-bond acceptors (Lipinski definition) is 6. The highest BCUT2D eigenvalue weighted by Gasteiger charge is 2.39. The van der Waals surface area contributed by atoms with E-state index in [9.17, 15) is 14.4 Å². The molecule has 2 aromatic rings. The molecule has 2 fully saturated rings. The highest BCUT2D eigenvalue weighted by atomic mass is 32.2. The first-order chi connectivity index (χ1) is 14.5. The van der Waals surface area contributed by atoms with Crippen LogP contribution in [0.3, 0.4) is 0 Å². The number of carbonyl (C=O) groups excluding carboxylic acids is 2. The number of fused-ring (bicyclic) bond motifs is 4. The van der Waals surface area contributed by atoms with E-state index in [4.69, 9.17) is 16.6 Å². The molecule has 2 atom stereocenters. The highest BCUT2D eigenvalue weighted by Crippen LogP contribution is 2.36. The standard InChI is InChI=1S/C21H19N3O4S2/c25-18-5-1-4-16-14-7-13(10-23(16)18)9-22(11-14)19(26)12-24-20(27)17(30-21(24)29)8-15-3-2-6-28-15/h1-6,8,13-14H,7,9-12H2/b17-8-/t13-,14+/m0/s1. The Morgan fingerprint density at radius 2 is 2.07 bits per heavy atom. The van der Waals surface area contributed by atoms with Gasteiger partial charge in [0.1, 0.15) is 16.6 Å². The molecule has 3 aliphatic heterocycles. The van der Waals surface area contributed by atoms with Gasteiger partial charge in [0.2, 0.25) is 5.91 Å². The summed E-state index contributed by atoms with van der Waals surface area (Å²) < 4.78 is 7.48. The predicted octanol–water partition coefficient (Wildman–Crippen LogP) is 2.29. The van der Waals surface area contributed by atoms with Crippen LogP contribution in [-0.2, 0) is 16.1 Å².